The fraction of sp³-hybridized carbons (Fsp3) is 0.706. The van der Waals surface area contributed by atoms with Crippen LogP contribution in [-0.4, -0.2) is 28.5 Å². The quantitative estimate of drug-likeness (QED) is 0.787. The van der Waals surface area contributed by atoms with Gasteiger partial charge in [-0.25, -0.2) is 0 Å². The Kier molecular flexibility index (Phi) is 7.17. The van der Waals surface area contributed by atoms with Crippen molar-refractivity contribution in [1.82, 2.24) is 15.2 Å². The van der Waals surface area contributed by atoms with Gasteiger partial charge < -0.3 is 5.32 Å². The minimum Gasteiger partial charge on any atom is -0.306 e. The van der Waals surface area contributed by atoms with Crippen LogP contribution >= 0.6 is 0 Å². The van der Waals surface area contributed by atoms with E-state index in [1.54, 1.807) is 0 Å². The second kappa shape index (κ2) is 8.38. The van der Waals surface area contributed by atoms with E-state index in [1.807, 2.05) is 0 Å². The molecule has 0 aliphatic heterocycles. The highest BCUT2D eigenvalue weighted by Crippen LogP contribution is 2.07. The highest BCUT2D eigenvalue weighted by molar-refractivity contribution is 5.11. The Morgan fingerprint density at radius 3 is 2.45 bits per heavy atom. The number of nitrogens with zero attached hydrogens (tertiary/aromatic N) is 2. The molecule has 3 nitrogen and oxygen atoms in total. The Labute approximate surface area is 124 Å². The molecule has 0 aliphatic carbocycles. The van der Waals surface area contributed by atoms with Crippen molar-refractivity contribution >= 4 is 0 Å². The maximum absolute atomic E-state index is 4.77. The van der Waals surface area contributed by atoms with Gasteiger partial charge in [0.1, 0.15) is 0 Å². The molecule has 1 heterocycles. The highest BCUT2D eigenvalue weighted by atomic mass is 15.1. The summed E-state index contributed by atoms with van der Waals surface area (Å²) >= 11 is 0. The summed E-state index contributed by atoms with van der Waals surface area (Å²) in [4.78, 5) is 7.23. The van der Waals surface area contributed by atoms with Crippen molar-refractivity contribution < 1.29 is 0 Å². The Hall–Kier alpha value is -0.930. The maximum Gasteiger partial charge on any atom is 0.0547 e. The molecule has 0 fully saturated rings. The van der Waals surface area contributed by atoms with E-state index >= 15 is 0 Å². The predicted molar refractivity (Wildman–Crippen MR) is 86.7 cm³/mol. The van der Waals surface area contributed by atoms with Gasteiger partial charge in [-0.1, -0.05) is 26.3 Å². The Morgan fingerprint density at radius 1 is 1.15 bits per heavy atom. The van der Waals surface area contributed by atoms with Gasteiger partial charge in [-0.3, -0.25) is 9.88 Å². The summed E-state index contributed by atoms with van der Waals surface area (Å²) in [6.07, 6.45) is 2.51. The van der Waals surface area contributed by atoms with Crippen LogP contribution in [-0.2, 0) is 13.1 Å². The number of aromatic nitrogens is 1. The van der Waals surface area contributed by atoms with Crippen molar-refractivity contribution in [2.24, 2.45) is 0 Å². The molecule has 0 aromatic carbocycles. The lowest BCUT2D eigenvalue weighted by Crippen LogP contribution is -2.35. The van der Waals surface area contributed by atoms with Gasteiger partial charge in [0.15, 0.2) is 0 Å². The number of hydrogen-bond acceptors (Lipinski definition) is 3. The van der Waals surface area contributed by atoms with Crippen molar-refractivity contribution in [3.8, 4) is 0 Å². The molecule has 0 saturated carbocycles. The van der Waals surface area contributed by atoms with Crippen molar-refractivity contribution in [1.29, 1.82) is 0 Å². The molecule has 20 heavy (non-hydrogen) atoms. The van der Waals surface area contributed by atoms with Gasteiger partial charge in [0.25, 0.3) is 0 Å². The van der Waals surface area contributed by atoms with Crippen molar-refractivity contribution in [2.45, 2.75) is 66.1 Å². The van der Waals surface area contributed by atoms with Crippen LogP contribution < -0.4 is 5.32 Å². The average molecular weight is 277 g/mol. The number of hydrogen-bond donors (Lipinski definition) is 1. The minimum atomic E-state index is 0.133. The number of nitrogens with one attached hydrogen (secondary N) is 1. The molecule has 0 bridgehead atoms. The first-order valence-electron chi connectivity index (χ1n) is 7.86. The lowest BCUT2D eigenvalue weighted by molar-refractivity contribution is 0.272. The zero-order valence-electron chi connectivity index (χ0n) is 13.9. The SMILES string of the molecule is CCCCN(CC)Cc1cccc(CNC(C)(C)C)n1. The second-order valence-corrected chi connectivity index (χ2v) is 6.45. The zero-order chi connectivity index (χ0) is 15.0. The van der Waals surface area contributed by atoms with Gasteiger partial charge >= 0.3 is 0 Å². The van der Waals surface area contributed by atoms with E-state index in [0.29, 0.717) is 0 Å². The number of pyridine rings is 1. The monoisotopic (exact) mass is 277 g/mol. The molecule has 3 heteroatoms. The molecule has 0 unspecified atom stereocenters. The summed E-state index contributed by atoms with van der Waals surface area (Å²) in [5, 5.41) is 3.49. The van der Waals surface area contributed by atoms with E-state index in [2.05, 4.69) is 63.0 Å². The normalized spacial score (nSPS) is 12.1. The van der Waals surface area contributed by atoms with Gasteiger partial charge in [0.05, 0.1) is 11.4 Å². The van der Waals surface area contributed by atoms with E-state index < -0.39 is 0 Å². The summed E-state index contributed by atoms with van der Waals surface area (Å²) in [6, 6.07) is 6.36. The molecule has 0 atom stereocenters. The third-order valence-electron chi connectivity index (χ3n) is 3.32. The molecule has 0 aliphatic rings. The van der Waals surface area contributed by atoms with Gasteiger partial charge in [-0.05, 0) is 52.4 Å². The summed E-state index contributed by atoms with van der Waals surface area (Å²) in [5.74, 6) is 0. The Balaban J connectivity index is 2.58. The summed E-state index contributed by atoms with van der Waals surface area (Å²) in [6.45, 7) is 15.1. The smallest absolute Gasteiger partial charge is 0.0547 e. The predicted octanol–water partition coefficient (Wildman–Crippen LogP) is 3.59. The van der Waals surface area contributed by atoms with E-state index in [4.69, 9.17) is 4.98 Å². The highest BCUT2D eigenvalue weighted by Gasteiger charge is 2.09. The molecular formula is C17H31N3. The molecular weight excluding hydrogens is 246 g/mol. The van der Waals surface area contributed by atoms with Crippen LogP contribution in [0.3, 0.4) is 0 Å². The van der Waals surface area contributed by atoms with Crippen molar-refractivity contribution in [2.75, 3.05) is 13.1 Å². The van der Waals surface area contributed by atoms with Crippen molar-refractivity contribution in [3.05, 3.63) is 29.6 Å². The van der Waals surface area contributed by atoms with Crippen LogP contribution in [0.15, 0.2) is 18.2 Å². The lowest BCUT2D eigenvalue weighted by atomic mass is 10.1. The van der Waals surface area contributed by atoms with Crippen LogP contribution in [0.5, 0.6) is 0 Å². The molecule has 1 rings (SSSR count). The van der Waals surface area contributed by atoms with E-state index in [0.717, 1.165) is 25.3 Å². The number of rotatable bonds is 8. The molecule has 1 aromatic rings. The topological polar surface area (TPSA) is 28.2 Å². The minimum absolute atomic E-state index is 0.133. The first-order chi connectivity index (χ1) is 9.44. The van der Waals surface area contributed by atoms with Crippen LogP contribution in [0.1, 0.15) is 58.8 Å². The second-order valence-electron chi connectivity index (χ2n) is 6.45. The van der Waals surface area contributed by atoms with Crippen LogP contribution in [0.4, 0.5) is 0 Å². The molecule has 0 saturated heterocycles. The van der Waals surface area contributed by atoms with Crippen LogP contribution in [0.2, 0.25) is 0 Å². The maximum atomic E-state index is 4.77. The van der Waals surface area contributed by atoms with Crippen LogP contribution in [0, 0.1) is 0 Å². The Bertz CT molecular complexity index is 382. The first-order valence-corrected chi connectivity index (χ1v) is 7.86. The molecule has 0 spiro atoms. The fourth-order valence-corrected chi connectivity index (χ4v) is 2.03. The molecule has 0 radical (unpaired) electrons. The fourth-order valence-electron chi connectivity index (χ4n) is 2.03. The molecule has 1 aromatic heterocycles. The van der Waals surface area contributed by atoms with E-state index in [1.165, 1.54) is 25.1 Å². The molecule has 1 N–H and O–H groups in total. The Morgan fingerprint density at radius 2 is 1.85 bits per heavy atom. The third-order valence-corrected chi connectivity index (χ3v) is 3.32. The van der Waals surface area contributed by atoms with Gasteiger partial charge in [-0.15, -0.1) is 0 Å². The van der Waals surface area contributed by atoms with E-state index in [-0.39, 0.29) is 5.54 Å². The van der Waals surface area contributed by atoms with Crippen molar-refractivity contribution in [3.63, 3.8) is 0 Å². The molecule has 114 valence electrons. The average Bonchev–Trinajstić information content (AvgIpc) is 2.41. The number of unbranched alkanes of at least 4 members (excludes halogenated alkanes) is 1. The summed E-state index contributed by atoms with van der Waals surface area (Å²) in [5.41, 5.74) is 2.44. The van der Waals surface area contributed by atoms with E-state index in [9.17, 15) is 0 Å². The van der Waals surface area contributed by atoms with Gasteiger partial charge in [0.2, 0.25) is 0 Å². The van der Waals surface area contributed by atoms with Gasteiger partial charge in [-0.2, -0.15) is 0 Å². The third kappa shape index (κ3) is 7.01. The molecule has 0 amide bonds. The van der Waals surface area contributed by atoms with Crippen LogP contribution in [0.25, 0.3) is 0 Å². The first kappa shape index (κ1) is 17.1. The zero-order valence-corrected chi connectivity index (χ0v) is 13.9. The standard InChI is InChI=1S/C17H31N3/c1-6-8-12-20(7-2)14-16-11-9-10-15(19-16)13-18-17(3,4)5/h9-11,18H,6-8,12-14H2,1-5H3. The summed E-state index contributed by atoms with van der Waals surface area (Å²) < 4.78 is 0. The largest absolute Gasteiger partial charge is 0.306 e. The van der Waals surface area contributed by atoms with Gasteiger partial charge in [0, 0.05) is 18.6 Å². The lowest BCUT2D eigenvalue weighted by Gasteiger charge is -2.21. The summed E-state index contributed by atoms with van der Waals surface area (Å²) in [7, 11) is 0.